The van der Waals surface area contributed by atoms with Crippen molar-refractivity contribution in [1.29, 1.82) is 0 Å². The molecule has 1 aliphatic heterocycles. The summed E-state index contributed by atoms with van der Waals surface area (Å²) in [4.78, 5) is 16.8. The molecule has 5 rings (SSSR count). The Hall–Kier alpha value is -2.32. The van der Waals surface area contributed by atoms with E-state index in [0.717, 1.165) is 72.4 Å². The van der Waals surface area contributed by atoms with Gasteiger partial charge in [0.25, 0.3) is 0 Å². The van der Waals surface area contributed by atoms with Crippen molar-refractivity contribution in [2.45, 2.75) is 30.3 Å². The maximum atomic E-state index is 5.53. The zero-order valence-corrected chi connectivity index (χ0v) is 17.4. The van der Waals surface area contributed by atoms with Crippen LogP contribution < -0.4 is 9.64 Å². The molecule has 0 bridgehead atoms. The van der Waals surface area contributed by atoms with E-state index >= 15 is 0 Å². The number of nitrogens with zero attached hydrogens (tertiary/aromatic N) is 5. The molecule has 2 aliphatic rings. The molecule has 8 heteroatoms. The van der Waals surface area contributed by atoms with E-state index in [-0.39, 0.29) is 0 Å². The van der Waals surface area contributed by atoms with Gasteiger partial charge in [0.2, 0.25) is 0 Å². The third kappa shape index (κ3) is 4.18. The molecule has 1 saturated carbocycles. The zero-order valence-electron chi connectivity index (χ0n) is 16.6. The topological polar surface area (TPSA) is 65.3 Å². The van der Waals surface area contributed by atoms with Crippen LogP contribution in [0.2, 0.25) is 0 Å². The van der Waals surface area contributed by atoms with Crippen LogP contribution in [-0.4, -0.2) is 52.9 Å². The molecule has 1 saturated heterocycles. The fourth-order valence-electron chi connectivity index (χ4n) is 3.55. The molecule has 7 nitrogen and oxygen atoms in total. The molecule has 0 spiro atoms. The molecule has 29 heavy (non-hydrogen) atoms. The van der Waals surface area contributed by atoms with E-state index in [0.29, 0.717) is 0 Å². The van der Waals surface area contributed by atoms with Crippen molar-refractivity contribution < 1.29 is 9.47 Å². The van der Waals surface area contributed by atoms with Gasteiger partial charge >= 0.3 is 0 Å². The first-order chi connectivity index (χ1) is 14.3. The predicted octanol–water partition coefficient (Wildman–Crippen LogP) is 3.37. The standard InChI is InChI=1S/C21H25N5O2S/c1-27-17-6-4-16(5-7-17)13-29-21-23-19(25-8-10-28-11-9-25)18-20(24-21)26(14-22-18)12-15-2-3-15/h4-7,14-15H,2-3,8-13H2,1H3. The number of imidazole rings is 1. The van der Waals surface area contributed by atoms with Gasteiger partial charge in [-0.2, -0.15) is 0 Å². The van der Waals surface area contributed by atoms with Crippen molar-refractivity contribution in [3.8, 4) is 5.75 Å². The predicted molar refractivity (Wildman–Crippen MR) is 114 cm³/mol. The minimum atomic E-state index is 0.725. The van der Waals surface area contributed by atoms with Crippen LogP contribution in [0.3, 0.4) is 0 Å². The lowest BCUT2D eigenvalue weighted by atomic mass is 10.2. The summed E-state index contributed by atoms with van der Waals surface area (Å²) < 4.78 is 13.0. The number of anilines is 1. The van der Waals surface area contributed by atoms with Crippen LogP contribution in [0.1, 0.15) is 18.4 Å². The lowest BCUT2D eigenvalue weighted by Gasteiger charge is -2.28. The van der Waals surface area contributed by atoms with E-state index < -0.39 is 0 Å². The molecule has 0 atom stereocenters. The van der Waals surface area contributed by atoms with Crippen molar-refractivity contribution in [3.63, 3.8) is 0 Å². The number of morpholine rings is 1. The highest BCUT2D eigenvalue weighted by Gasteiger charge is 2.25. The van der Waals surface area contributed by atoms with Crippen molar-refractivity contribution in [3.05, 3.63) is 36.2 Å². The summed E-state index contributed by atoms with van der Waals surface area (Å²) in [5.74, 6) is 3.39. The highest BCUT2D eigenvalue weighted by atomic mass is 32.2. The van der Waals surface area contributed by atoms with Crippen LogP contribution in [0.15, 0.2) is 35.7 Å². The second kappa shape index (κ2) is 8.20. The van der Waals surface area contributed by atoms with Gasteiger partial charge in [0, 0.05) is 25.4 Å². The van der Waals surface area contributed by atoms with E-state index in [4.69, 9.17) is 19.4 Å². The molecule has 152 valence electrons. The van der Waals surface area contributed by atoms with Crippen LogP contribution in [0.25, 0.3) is 11.2 Å². The monoisotopic (exact) mass is 411 g/mol. The van der Waals surface area contributed by atoms with Gasteiger partial charge in [-0.15, -0.1) is 0 Å². The number of hydrogen-bond acceptors (Lipinski definition) is 7. The number of methoxy groups -OCH3 is 1. The average molecular weight is 412 g/mol. The van der Waals surface area contributed by atoms with E-state index in [1.165, 1.54) is 18.4 Å². The normalized spacial score (nSPS) is 17.1. The Bertz CT molecular complexity index is 981. The van der Waals surface area contributed by atoms with E-state index in [2.05, 4.69) is 26.6 Å². The Kier molecular flexibility index (Phi) is 5.28. The second-order valence-electron chi connectivity index (χ2n) is 7.58. The van der Waals surface area contributed by atoms with Crippen LogP contribution in [0, 0.1) is 5.92 Å². The molecule has 3 heterocycles. The highest BCUT2D eigenvalue weighted by Crippen LogP contribution is 2.33. The third-order valence-electron chi connectivity index (χ3n) is 5.41. The maximum Gasteiger partial charge on any atom is 0.191 e. The van der Waals surface area contributed by atoms with Gasteiger partial charge in [0.1, 0.15) is 5.75 Å². The first-order valence-corrected chi connectivity index (χ1v) is 11.1. The summed E-state index contributed by atoms with van der Waals surface area (Å²) in [5, 5.41) is 0.798. The summed E-state index contributed by atoms with van der Waals surface area (Å²) in [5.41, 5.74) is 3.07. The minimum Gasteiger partial charge on any atom is -0.497 e. The molecule has 0 radical (unpaired) electrons. The van der Waals surface area contributed by atoms with Gasteiger partial charge in [-0.05, 0) is 36.5 Å². The van der Waals surface area contributed by atoms with Crippen LogP contribution in [0.4, 0.5) is 5.82 Å². The van der Waals surface area contributed by atoms with Gasteiger partial charge in [0.15, 0.2) is 22.1 Å². The van der Waals surface area contributed by atoms with Crippen molar-refractivity contribution in [2.75, 3.05) is 38.3 Å². The lowest BCUT2D eigenvalue weighted by molar-refractivity contribution is 0.122. The van der Waals surface area contributed by atoms with Gasteiger partial charge in [0.05, 0.1) is 26.7 Å². The Morgan fingerprint density at radius 2 is 1.93 bits per heavy atom. The second-order valence-corrected chi connectivity index (χ2v) is 8.52. The first-order valence-electron chi connectivity index (χ1n) is 10.1. The lowest BCUT2D eigenvalue weighted by Crippen LogP contribution is -2.37. The summed E-state index contributed by atoms with van der Waals surface area (Å²) >= 11 is 1.66. The Labute approximate surface area is 174 Å². The van der Waals surface area contributed by atoms with E-state index in [9.17, 15) is 0 Å². The quantitative estimate of drug-likeness (QED) is 0.436. The first kappa shape index (κ1) is 18.7. The Morgan fingerprint density at radius 1 is 1.14 bits per heavy atom. The fraction of sp³-hybridized carbons (Fsp3) is 0.476. The molecule has 1 aliphatic carbocycles. The third-order valence-corrected chi connectivity index (χ3v) is 6.33. The number of rotatable bonds is 7. The summed E-state index contributed by atoms with van der Waals surface area (Å²) in [6, 6.07) is 8.16. The molecule has 0 N–H and O–H groups in total. The molecule has 0 unspecified atom stereocenters. The summed E-state index contributed by atoms with van der Waals surface area (Å²) in [6.07, 6.45) is 4.54. The van der Waals surface area contributed by atoms with E-state index in [1.54, 1.807) is 18.9 Å². The summed E-state index contributed by atoms with van der Waals surface area (Å²) in [6.45, 7) is 4.12. The fourth-order valence-corrected chi connectivity index (χ4v) is 4.34. The van der Waals surface area contributed by atoms with Crippen molar-refractivity contribution >= 4 is 28.7 Å². The van der Waals surface area contributed by atoms with Crippen LogP contribution >= 0.6 is 11.8 Å². The highest BCUT2D eigenvalue weighted by molar-refractivity contribution is 7.98. The van der Waals surface area contributed by atoms with Crippen molar-refractivity contribution in [1.82, 2.24) is 19.5 Å². The molecule has 0 amide bonds. The number of aromatic nitrogens is 4. The van der Waals surface area contributed by atoms with Gasteiger partial charge in [-0.25, -0.2) is 15.0 Å². The van der Waals surface area contributed by atoms with Crippen LogP contribution in [0.5, 0.6) is 5.75 Å². The summed E-state index contributed by atoms with van der Waals surface area (Å²) in [7, 11) is 1.69. The zero-order chi connectivity index (χ0) is 19.6. The number of thioether (sulfide) groups is 1. The van der Waals surface area contributed by atoms with Crippen LogP contribution in [-0.2, 0) is 17.0 Å². The molecule has 2 fully saturated rings. The molecule has 2 aromatic heterocycles. The Morgan fingerprint density at radius 3 is 2.66 bits per heavy atom. The van der Waals surface area contributed by atoms with Gasteiger partial charge in [-0.3, -0.25) is 0 Å². The number of ether oxygens (including phenoxy) is 2. The molecule has 1 aromatic carbocycles. The number of benzene rings is 1. The Balaban J connectivity index is 1.44. The number of fused-ring (bicyclic) bond motifs is 1. The molecule has 3 aromatic rings. The minimum absolute atomic E-state index is 0.725. The van der Waals surface area contributed by atoms with Gasteiger partial charge < -0.3 is 18.9 Å². The smallest absolute Gasteiger partial charge is 0.191 e. The molecular formula is C21H25N5O2S. The van der Waals surface area contributed by atoms with E-state index in [1.807, 2.05) is 18.5 Å². The average Bonchev–Trinajstić information content (AvgIpc) is 3.51. The van der Waals surface area contributed by atoms with Crippen molar-refractivity contribution in [2.24, 2.45) is 5.92 Å². The number of hydrogen-bond donors (Lipinski definition) is 0. The maximum absolute atomic E-state index is 5.53. The van der Waals surface area contributed by atoms with Gasteiger partial charge in [-0.1, -0.05) is 23.9 Å². The SMILES string of the molecule is COc1ccc(CSc2nc(N3CCOCC3)c3ncn(CC4CC4)c3n2)cc1. The largest absolute Gasteiger partial charge is 0.497 e. The molecular weight excluding hydrogens is 386 g/mol.